The van der Waals surface area contributed by atoms with Crippen LogP contribution in [0.2, 0.25) is 0 Å². The standard InChI is InChI=1S/C23H31N5O5S/c1-4-8-27-21-6-5-19(34(30,31)26-10-12-32-13-11-26)15-20(21)24-22(27)16-33-23(29)7-9-28-18(3)14-17(2)25-28/h5-6,14-15H,4,7-13,16H2,1-3H3. The summed E-state index contributed by atoms with van der Waals surface area (Å²) in [6.45, 7) is 8.53. The first-order valence-corrected chi connectivity index (χ1v) is 13.0. The Morgan fingerprint density at radius 1 is 1.15 bits per heavy atom. The Balaban J connectivity index is 1.49. The summed E-state index contributed by atoms with van der Waals surface area (Å²) in [6.07, 6.45) is 1.07. The lowest BCUT2D eigenvalue weighted by Gasteiger charge is -2.26. The maximum atomic E-state index is 13.0. The van der Waals surface area contributed by atoms with Crippen LogP contribution in [0.15, 0.2) is 29.2 Å². The quantitative estimate of drug-likeness (QED) is 0.425. The molecule has 34 heavy (non-hydrogen) atoms. The van der Waals surface area contributed by atoms with Gasteiger partial charge in [-0.1, -0.05) is 6.92 Å². The molecule has 0 aliphatic carbocycles. The van der Waals surface area contributed by atoms with Gasteiger partial charge in [-0.25, -0.2) is 13.4 Å². The van der Waals surface area contributed by atoms with Crippen LogP contribution in [0.1, 0.15) is 37.0 Å². The summed E-state index contributed by atoms with van der Waals surface area (Å²) in [4.78, 5) is 17.2. The maximum Gasteiger partial charge on any atom is 0.308 e. The van der Waals surface area contributed by atoms with Gasteiger partial charge in [0, 0.05) is 25.3 Å². The number of morpholine rings is 1. The van der Waals surface area contributed by atoms with Gasteiger partial charge in [0.15, 0.2) is 0 Å². The van der Waals surface area contributed by atoms with Crippen LogP contribution in [-0.4, -0.2) is 64.3 Å². The van der Waals surface area contributed by atoms with E-state index in [1.54, 1.807) is 22.9 Å². The van der Waals surface area contributed by atoms with E-state index in [0.29, 0.717) is 50.7 Å². The number of fused-ring (bicyclic) bond motifs is 1. The van der Waals surface area contributed by atoms with Crippen molar-refractivity contribution in [3.05, 3.63) is 41.5 Å². The Morgan fingerprint density at radius 3 is 2.59 bits per heavy atom. The van der Waals surface area contributed by atoms with Gasteiger partial charge in [0.25, 0.3) is 0 Å². The van der Waals surface area contributed by atoms with Crippen LogP contribution in [0.5, 0.6) is 0 Å². The second kappa shape index (κ2) is 10.2. The number of esters is 1. The minimum absolute atomic E-state index is 0.0240. The van der Waals surface area contributed by atoms with Crippen molar-refractivity contribution in [2.45, 2.75) is 58.2 Å². The molecular weight excluding hydrogens is 458 g/mol. The molecule has 4 rings (SSSR count). The van der Waals surface area contributed by atoms with Crippen LogP contribution < -0.4 is 0 Å². The third-order valence-corrected chi connectivity index (χ3v) is 7.74. The molecule has 0 N–H and O–H groups in total. The summed E-state index contributed by atoms with van der Waals surface area (Å²) in [7, 11) is -3.62. The zero-order chi connectivity index (χ0) is 24.3. The van der Waals surface area contributed by atoms with Crippen molar-refractivity contribution in [3.8, 4) is 0 Å². The molecule has 0 saturated carbocycles. The fourth-order valence-corrected chi connectivity index (χ4v) is 5.58. The maximum absolute atomic E-state index is 13.0. The number of nitrogens with zero attached hydrogens (tertiary/aromatic N) is 5. The lowest BCUT2D eigenvalue weighted by Crippen LogP contribution is -2.40. The predicted molar refractivity (Wildman–Crippen MR) is 126 cm³/mol. The Kier molecular flexibility index (Phi) is 7.34. The number of imidazole rings is 1. The SMILES string of the molecule is CCCn1c(COC(=O)CCn2nc(C)cc2C)nc2cc(S(=O)(=O)N3CCOCC3)ccc21. The van der Waals surface area contributed by atoms with E-state index in [2.05, 4.69) is 10.1 Å². The second-order valence-electron chi connectivity index (χ2n) is 8.41. The van der Waals surface area contributed by atoms with Crippen molar-refractivity contribution in [2.75, 3.05) is 26.3 Å². The molecule has 1 aliphatic heterocycles. The first-order chi connectivity index (χ1) is 16.3. The van der Waals surface area contributed by atoms with Crippen molar-refractivity contribution in [2.24, 2.45) is 0 Å². The molecule has 184 valence electrons. The minimum atomic E-state index is -3.62. The van der Waals surface area contributed by atoms with Crippen molar-refractivity contribution in [3.63, 3.8) is 0 Å². The number of aromatic nitrogens is 4. The van der Waals surface area contributed by atoms with Gasteiger partial charge in [-0.2, -0.15) is 9.40 Å². The molecule has 0 atom stereocenters. The second-order valence-corrected chi connectivity index (χ2v) is 10.3. The van der Waals surface area contributed by atoms with Crippen molar-refractivity contribution >= 4 is 27.0 Å². The third kappa shape index (κ3) is 5.16. The lowest BCUT2D eigenvalue weighted by molar-refractivity contribution is -0.145. The minimum Gasteiger partial charge on any atom is -0.457 e. The molecule has 0 bridgehead atoms. The molecule has 0 spiro atoms. The molecule has 1 aliphatic rings. The number of benzene rings is 1. The van der Waals surface area contributed by atoms with Crippen LogP contribution in [0, 0.1) is 13.8 Å². The monoisotopic (exact) mass is 489 g/mol. The van der Waals surface area contributed by atoms with E-state index in [0.717, 1.165) is 23.3 Å². The molecule has 1 aromatic carbocycles. The van der Waals surface area contributed by atoms with Gasteiger partial charge in [0.05, 0.1) is 47.8 Å². The molecule has 2 aromatic heterocycles. The number of aryl methyl sites for hydroxylation is 4. The van der Waals surface area contributed by atoms with Crippen molar-refractivity contribution in [1.82, 2.24) is 23.6 Å². The Bertz CT molecular complexity index is 1270. The summed E-state index contributed by atoms with van der Waals surface area (Å²) in [5.41, 5.74) is 3.29. The van der Waals surface area contributed by atoms with Gasteiger partial charge >= 0.3 is 5.97 Å². The molecule has 10 nitrogen and oxygen atoms in total. The molecule has 0 radical (unpaired) electrons. The zero-order valence-corrected chi connectivity index (χ0v) is 20.7. The Morgan fingerprint density at radius 2 is 1.91 bits per heavy atom. The number of hydrogen-bond donors (Lipinski definition) is 0. The van der Waals surface area contributed by atoms with E-state index >= 15 is 0 Å². The average Bonchev–Trinajstić information content (AvgIpc) is 3.34. The summed E-state index contributed by atoms with van der Waals surface area (Å²) in [5.74, 6) is 0.260. The number of ether oxygens (including phenoxy) is 2. The summed E-state index contributed by atoms with van der Waals surface area (Å²) >= 11 is 0. The van der Waals surface area contributed by atoms with Crippen molar-refractivity contribution in [1.29, 1.82) is 0 Å². The number of hydrogen-bond acceptors (Lipinski definition) is 7. The Hall–Kier alpha value is -2.76. The highest BCUT2D eigenvalue weighted by Gasteiger charge is 2.27. The average molecular weight is 490 g/mol. The van der Waals surface area contributed by atoms with Gasteiger partial charge in [-0.15, -0.1) is 0 Å². The number of rotatable bonds is 9. The number of carbonyl (C=O) groups is 1. The van der Waals surface area contributed by atoms with E-state index in [4.69, 9.17) is 9.47 Å². The van der Waals surface area contributed by atoms with Gasteiger partial charge in [0.2, 0.25) is 10.0 Å². The first kappa shape index (κ1) is 24.4. The van der Waals surface area contributed by atoms with E-state index < -0.39 is 10.0 Å². The number of sulfonamides is 1. The summed E-state index contributed by atoms with van der Waals surface area (Å²) < 4.78 is 42.1. The van der Waals surface area contributed by atoms with Gasteiger partial charge in [-0.3, -0.25) is 9.48 Å². The molecule has 1 saturated heterocycles. The van der Waals surface area contributed by atoms with Crippen molar-refractivity contribution < 1.29 is 22.7 Å². The smallest absolute Gasteiger partial charge is 0.308 e. The third-order valence-electron chi connectivity index (χ3n) is 5.85. The summed E-state index contributed by atoms with van der Waals surface area (Å²) in [5, 5.41) is 4.36. The van der Waals surface area contributed by atoms with E-state index in [-0.39, 0.29) is 23.9 Å². The highest BCUT2D eigenvalue weighted by Crippen LogP contribution is 2.24. The van der Waals surface area contributed by atoms with Crippen LogP contribution in [-0.2, 0) is 44.0 Å². The molecule has 3 aromatic rings. The molecular formula is C23H31N5O5S. The summed E-state index contributed by atoms with van der Waals surface area (Å²) in [6, 6.07) is 6.96. The van der Waals surface area contributed by atoms with Crippen LogP contribution in [0.25, 0.3) is 11.0 Å². The first-order valence-electron chi connectivity index (χ1n) is 11.5. The highest BCUT2D eigenvalue weighted by atomic mass is 32.2. The highest BCUT2D eigenvalue weighted by molar-refractivity contribution is 7.89. The molecule has 0 unspecified atom stereocenters. The largest absolute Gasteiger partial charge is 0.457 e. The predicted octanol–water partition coefficient (Wildman–Crippen LogP) is 2.41. The fraction of sp³-hybridized carbons (Fsp3) is 0.522. The normalized spacial score (nSPS) is 15.1. The van der Waals surface area contributed by atoms with Crippen LogP contribution in [0.3, 0.4) is 0 Å². The van der Waals surface area contributed by atoms with E-state index in [1.807, 2.05) is 31.4 Å². The molecule has 3 heterocycles. The molecule has 0 amide bonds. The number of carbonyl (C=O) groups excluding carboxylic acids is 1. The van der Waals surface area contributed by atoms with Crippen LogP contribution in [0.4, 0.5) is 0 Å². The van der Waals surface area contributed by atoms with Crippen LogP contribution >= 0.6 is 0 Å². The molecule has 11 heteroatoms. The zero-order valence-electron chi connectivity index (χ0n) is 19.9. The van der Waals surface area contributed by atoms with E-state index in [1.165, 1.54) is 4.31 Å². The van der Waals surface area contributed by atoms with Gasteiger partial charge < -0.3 is 14.0 Å². The topological polar surface area (TPSA) is 109 Å². The van der Waals surface area contributed by atoms with Gasteiger partial charge in [0.1, 0.15) is 12.4 Å². The lowest BCUT2D eigenvalue weighted by atomic mass is 10.3. The van der Waals surface area contributed by atoms with Gasteiger partial charge in [-0.05, 0) is 44.5 Å². The van der Waals surface area contributed by atoms with E-state index in [9.17, 15) is 13.2 Å². The fourth-order valence-electron chi connectivity index (χ4n) is 4.15. The molecule has 1 fully saturated rings. The Labute approximate surface area is 199 Å².